The lowest BCUT2D eigenvalue weighted by Crippen LogP contribution is -2.43. The molecule has 134 valence electrons. The van der Waals surface area contributed by atoms with E-state index in [0.717, 1.165) is 17.5 Å². The minimum absolute atomic E-state index is 0.0391. The maximum absolute atomic E-state index is 12.6. The van der Waals surface area contributed by atoms with Gasteiger partial charge in [-0.25, -0.2) is 0 Å². The van der Waals surface area contributed by atoms with Gasteiger partial charge in [-0.2, -0.15) is 5.10 Å². The molecule has 0 bridgehead atoms. The molecule has 3 aromatic rings. The lowest BCUT2D eigenvalue weighted by Gasteiger charge is -2.30. The zero-order valence-corrected chi connectivity index (χ0v) is 15.1. The maximum atomic E-state index is 12.6. The zero-order valence-electron chi connectivity index (χ0n) is 15.1. The lowest BCUT2D eigenvalue weighted by atomic mass is 9.89. The highest BCUT2D eigenvalue weighted by atomic mass is 16.1. The van der Waals surface area contributed by atoms with Crippen LogP contribution in [0.3, 0.4) is 0 Å². The van der Waals surface area contributed by atoms with E-state index in [9.17, 15) is 9.59 Å². The Morgan fingerprint density at radius 1 is 1.12 bits per heavy atom. The van der Waals surface area contributed by atoms with Crippen LogP contribution in [0, 0.1) is 0 Å². The van der Waals surface area contributed by atoms with E-state index < -0.39 is 5.54 Å². The third kappa shape index (κ3) is 3.67. The number of fused-ring (bicyclic) bond motifs is 1. The van der Waals surface area contributed by atoms with Crippen molar-refractivity contribution >= 4 is 16.8 Å². The van der Waals surface area contributed by atoms with Crippen molar-refractivity contribution < 1.29 is 4.79 Å². The van der Waals surface area contributed by atoms with Gasteiger partial charge in [0, 0.05) is 11.8 Å². The van der Waals surface area contributed by atoms with Crippen LogP contribution in [0.25, 0.3) is 10.9 Å². The molecule has 0 fully saturated rings. The first-order valence-corrected chi connectivity index (χ1v) is 8.85. The first-order valence-electron chi connectivity index (χ1n) is 8.85. The number of nitrogens with one attached hydrogen (secondary N) is 1. The van der Waals surface area contributed by atoms with E-state index in [2.05, 4.69) is 17.3 Å². The molecule has 1 aromatic heterocycles. The number of para-hydroxylation sites is 1. The van der Waals surface area contributed by atoms with E-state index in [1.54, 1.807) is 10.7 Å². The van der Waals surface area contributed by atoms with Crippen LogP contribution in [0.1, 0.15) is 32.3 Å². The summed E-state index contributed by atoms with van der Waals surface area (Å²) >= 11 is 0. The van der Waals surface area contributed by atoms with Crippen molar-refractivity contribution in [3.8, 4) is 0 Å². The van der Waals surface area contributed by atoms with Crippen LogP contribution in [0.4, 0.5) is 0 Å². The fourth-order valence-corrected chi connectivity index (χ4v) is 3.09. The standard InChI is InChI=1S/C21H23N3O2/c1-3-21(2,16-9-5-4-6-10-16)23-20(26)13-14-24-18-12-8-7-11-17(18)19(25)15-22-24/h4-12,15H,3,13-14H2,1-2H3,(H,23,26)/t21-/m1/s1. The van der Waals surface area contributed by atoms with Crippen molar-refractivity contribution in [1.82, 2.24) is 15.1 Å². The molecular formula is C21H23N3O2. The Bertz CT molecular complexity index is 966. The van der Waals surface area contributed by atoms with Gasteiger partial charge >= 0.3 is 0 Å². The molecule has 0 radical (unpaired) electrons. The third-order valence-electron chi connectivity index (χ3n) is 4.85. The summed E-state index contributed by atoms with van der Waals surface area (Å²) in [6, 6.07) is 17.3. The SMILES string of the molecule is CC[C@@](C)(NC(=O)CCn1ncc(=O)c2ccccc21)c1ccccc1. The number of carbonyl (C=O) groups is 1. The van der Waals surface area contributed by atoms with Gasteiger partial charge in [-0.3, -0.25) is 14.3 Å². The van der Waals surface area contributed by atoms with Gasteiger partial charge in [0.15, 0.2) is 0 Å². The van der Waals surface area contributed by atoms with E-state index in [4.69, 9.17) is 0 Å². The molecule has 2 aromatic carbocycles. The van der Waals surface area contributed by atoms with Crippen LogP contribution in [-0.4, -0.2) is 15.7 Å². The summed E-state index contributed by atoms with van der Waals surface area (Å²) in [7, 11) is 0. The fraction of sp³-hybridized carbons (Fsp3) is 0.286. The Morgan fingerprint density at radius 2 is 1.81 bits per heavy atom. The molecule has 3 rings (SSSR count). The average molecular weight is 349 g/mol. The second-order valence-electron chi connectivity index (χ2n) is 6.60. The molecule has 26 heavy (non-hydrogen) atoms. The first-order chi connectivity index (χ1) is 12.5. The summed E-state index contributed by atoms with van der Waals surface area (Å²) in [5.74, 6) is -0.0391. The van der Waals surface area contributed by atoms with Crippen molar-refractivity contribution in [3.05, 3.63) is 76.6 Å². The Morgan fingerprint density at radius 3 is 2.54 bits per heavy atom. The molecule has 0 unspecified atom stereocenters. The second-order valence-corrected chi connectivity index (χ2v) is 6.60. The molecule has 0 aliphatic carbocycles. The number of nitrogens with zero attached hydrogens (tertiary/aromatic N) is 2. The monoisotopic (exact) mass is 349 g/mol. The molecule has 1 heterocycles. The normalized spacial score (nSPS) is 13.3. The Hall–Kier alpha value is -2.95. The highest BCUT2D eigenvalue weighted by Crippen LogP contribution is 2.24. The van der Waals surface area contributed by atoms with E-state index in [1.165, 1.54) is 6.20 Å². The molecule has 0 spiro atoms. The molecular weight excluding hydrogens is 326 g/mol. The average Bonchev–Trinajstić information content (AvgIpc) is 2.68. The molecule has 1 amide bonds. The number of aromatic nitrogens is 2. The Labute approximate surface area is 152 Å². The number of hydrogen-bond acceptors (Lipinski definition) is 3. The predicted molar refractivity (Wildman–Crippen MR) is 103 cm³/mol. The minimum atomic E-state index is -0.405. The molecule has 0 aliphatic rings. The molecule has 0 saturated heterocycles. The highest BCUT2D eigenvalue weighted by molar-refractivity contribution is 5.79. The summed E-state index contributed by atoms with van der Waals surface area (Å²) in [5, 5.41) is 7.94. The van der Waals surface area contributed by atoms with Gasteiger partial charge in [0.2, 0.25) is 11.3 Å². The zero-order chi connectivity index (χ0) is 18.6. The summed E-state index contributed by atoms with van der Waals surface area (Å²) in [4.78, 5) is 24.5. The highest BCUT2D eigenvalue weighted by Gasteiger charge is 2.26. The predicted octanol–water partition coefficient (Wildman–Crippen LogP) is 3.23. The van der Waals surface area contributed by atoms with Crippen LogP contribution in [0.2, 0.25) is 0 Å². The Kier molecular flexibility index (Phi) is 5.16. The molecule has 1 N–H and O–H groups in total. The van der Waals surface area contributed by atoms with E-state index in [-0.39, 0.29) is 11.3 Å². The van der Waals surface area contributed by atoms with Gasteiger partial charge in [0.05, 0.1) is 23.8 Å². The number of carbonyl (C=O) groups excluding carboxylic acids is 1. The third-order valence-corrected chi connectivity index (χ3v) is 4.85. The van der Waals surface area contributed by atoms with E-state index in [0.29, 0.717) is 18.4 Å². The quantitative estimate of drug-likeness (QED) is 0.743. The molecule has 1 atom stereocenters. The van der Waals surface area contributed by atoms with Crippen LogP contribution in [0.5, 0.6) is 0 Å². The smallest absolute Gasteiger partial charge is 0.222 e. The number of rotatable bonds is 6. The van der Waals surface area contributed by atoms with Gasteiger partial charge in [-0.05, 0) is 31.0 Å². The number of hydrogen-bond donors (Lipinski definition) is 1. The largest absolute Gasteiger partial charge is 0.347 e. The second kappa shape index (κ2) is 7.52. The summed E-state index contributed by atoms with van der Waals surface area (Å²) in [6.07, 6.45) is 2.39. The van der Waals surface area contributed by atoms with Gasteiger partial charge in [-0.15, -0.1) is 0 Å². The molecule has 5 heteroatoms. The first kappa shape index (κ1) is 17.9. The van der Waals surface area contributed by atoms with Crippen LogP contribution in [0.15, 0.2) is 65.6 Å². The maximum Gasteiger partial charge on any atom is 0.222 e. The van der Waals surface area contributed by atoms with Gasteiger partial charge in [-0.1, -0.05) is 49.4 Å². The lowest BCUT2D eigenvalue weighted by molar-refractivity contribution is -0.123. The number of amides is 1. The van der Waals surface area contributed by atoms with Gasteiger partial charge < -0.3 is 5.32 Å². The van der Waals surface area contributed by atoms with Crippen LogP contribution in [-0.2, 0) is 16.9 Å². The van der Waals surface area contributed by atoms with Crippen molar-refractivity contribution in [2.45, 2.75) is 38.8 Å². The number of aryl methyl sites for hydroxylation is 1. The van der Waals surface area contributed by atoms with Crippen molar-refractivity contribution in [2.75, 3.05) is 0 Å². The van der Waals surface area contributed by atoms with Gasteiger partial charge in [0.1, 0.15) is 0 Å². The van der Waals surface area contributed by atoms with Gasteiger partial charge in [0.25, 0.3) is 0 Å². The minimum Gasteiger partial charge on any atom is -0.347 e. The molecule has 0 saturated carbocycles. The topological polar surface area (TPSA) is 64.0 Å². The molecule has 0 aliphatic heterocycles. The number of benzene rings is 2. The van der Waals surface area contributed by atoms with Crippen LogP contribution < -0.4 is 10.7 Å². The van der Waals surface area contributed by atoms with Crippen LogP contribution >= 0.6 is 0 Å². The summed E-state index contributed by atoms with van der Waals surface area (Å²) < 4.78 is 1.71. The van der Waals surface area contributed by atoms with Crippen molar-refractivity contribution in [1.29, 1.82) is 0 Å². The Balaban J connectivity index is 1.73. The fourth-order valence-electron chi connectivity index (χ4n) is 3.09. The van der Waals surface area contributed by atoms with E-state index >= 15 is 0 Å². The van der Waals surface area contributed by atoms with Crippen molar-refractivity contribution in [2.24, 2.45) is 0 Å². The van der Waals surface area contributed by atoms with E-state index in [1.807, 2.05) is 55.5 Å². The van der Waals surface area contributed by atoms with Crippen molar-refractivity contribution in [3.63, 3.8) is 0 Å². The molecule has 5 nitrogen and oxygen atoms in total. The summed E-state index contributed by atoms with van der Waals surface area (Å²) in [5.41, 5.74) is 1.32. The summed E-state index contributed by atoms with van der Waals surface area (Å²) in [6.45, 7) is 4.51.